The molecule has 3 rings (SSSR count). The molecule has 0 aromatic carbocycles. The number of rotatable bonds is 8. The highest BCUT2D eigenvalue weighted by Gasteiger charge is 2.53. The molecule has 18 atom stereocenters. The van der Waals surface area contributed by atoms with Crippen LogP contribution in [0.15, 0.2) is 0 Å². The molecule has 3 aliphatic heterocycles. The van der Waals surface area contributed by atoms with Crippen LogP contribution in [0.1, 0.15) is 94.9 Å². The van der Waals surface area contributed by atoms with Gasteiger partial charge in [-0.3, -0.25) is 9.59 Å². The Morgan fingerprint density at radius 2 is 1.44 bits per heavy atom. The second-order valence-corrected chi connectivity index (χ2v) is 16.6. The summed E-state index contributed by atoms with van der Waals surface area (Å²) in [4.78, 5) is 30.2. The molecule has 0 aliphatic carbocycles. The molecule has 0 amide bonds. The smallest absolute Gasteiger partial charge is 0.311 e. The highest BCUT2D eigenvalue weighted by Crippen LogP contribution is 2.41. The van der Waals surface area contributed by atoms with Gasteiger partial charge in [-0.2, -0.15) is 0 Å². The predicted octanol–water partition coefficient (Wildman–Crippen LogP) is 2.44. The molecule has 0 radical (unpaired) electrons. The van der Waals surface area contributed by atoms with E-state index in [-0.39, 0.29) is 37.2 Å². The van der Waals surface area contributed by atoms with E-state index in [1.54, 1.807) is 48.5 Å². The molecule has 0 saturated carbocycles. The molecule has 3 heterocycles. The molecule has 0 aromatic heterocycles. The van der Waals surface area contributed by atoms with Crippen molar-refractivity contribution < 1.29 is 63.2 Å². The summed E-state index contributed by atoms with van der Waals surface area (Å²) in [6.07, 6.45) is -8.53. The van der Waals surface area contributed by atoms with Crippen LogP contribution in [0, 0.1) is 23.7 Å². The van der Waals surface area contributed by atoms with Crippen LogP contribution in [0.4, 0.5) is 0 Å². The van der Waals surface area contributed by atoms with Crippen molar-refractivity contribution in [2.45, 2.75) is 179 Å². The van der Waals surface area contributed by atoms with Crippen LogP contribution in [0.5, 0.6) is 0 Å². The third kappa shape index (κ3) is 9.38. The Bertz CT molecular complexity index is 1190. The maximum atomic E-state index is 14.1. The normalized spacial score (nSPS) is 49.0. The van der Waals surface area contributed by atoms with Crippen molar-refractivity contribution >= 4 is 11.8 Å². The average Bonchev–Trinajstić information content (AvgIpc) is 3.09. The van der Waals surface area contributed by atoms with Gasteiger partial charge in [0.15, 0.2) is 12.6 Å². The van der Waals surface area contributed by atoms with Gasteiger partial charge in [0.05, 0.1) is 47.6 Å². The molecule has 0 aromatic rings. The number of nitrogens with zero attached hydrogens (tertiary/aromatic N) is 1. The van der Waals surface area contributed by atoms with Crippen molar-refractivity contribution in [1.82, 2.24) is 4.90 Å². The van der Waals surface area contributed by atoms with Gasteiger partial charge in [0.25, 0.3) is 0 Å². The SMILES string of the molecule is CC[C@H]1OC(=O)[C@H](C)[C@@H](O[C@H]2C[C@@](C)(OC)[C@H](O)[C@H](C)O2)[C@H](C)[C@@H](O[C@@H]2O[C@H](C)C[C@H](N(C)C)[C@H]2O)C[C@@](C)(OC)[C@@H](C)C(=O)[C@H](C)[C@@H](O)[C@]1(C)O. The second-order valence-electron chi connectivity index (χ2n) is 16.6. The highest BCUT2D eigenvalue weighted by atomic mass is 16.7. The molecule has 304 valence electrons. The Morgan fingerprint density at radius 3 is 1.98 bits per heavy atom. The molecule has 52 heavy (non-hydrogen) atoms. The lowest BCUT2D eigenvalue weighted by atomic mass is 9.72. The third-order valence-corrected chi connectivity index (χ3v) is 12.6. The summed E-state index contributed by atoms with van der Waals surface area (Å²) in [6.45, 7) is 17.0. The number of aliphatic hydroxyl groups is 4. The summed E-state index contributed by atoms with van der Waals surface area (Å²) in [5.74, 6) is -4.57. The standard InChI is InChI=1S/C38H69NO13/c1-15-27-38(10,45)32(42)21(4)29(40)23(6)36(8,46-13)17-26(50-35-30(41)25(39(11)12)16-19(2)48-35)20(3)31(22(5)34(44)51-27)52-28-18-37(9,47-14)33(43)24(7)49-28/h19-28,30-33,35,41-43,45H,15-18H2,1-14H3/t19-,20-,21+,22-,23+,24+,25+,26+,27-,28+,30-,31+,32-,33-,35+,36-,37-,38-/m1/s1. The lowest BCUT2D eigenvalue weighted by molar-refractivity contribution is -0.308. The van der Waals surface area contributed by atoms with Crippen molar-refractivity contribution in [2.24, 2.45) is 23.7 Å². The first-order valence-corrected chi connectivity index (χ1v) is 18.9. The van der Waals surface area contributed by atoms with Crippen molar-refractivity contribution in [2.75, 3.05) is 28.3 Å². The molecule has 14 nitrogen and oxygen atoms in total. The molecular formula is C38H69NO13. The lowest BCUT2D eigenvalue weighted by Gasteiger charge is -2.48. The van der Waals surface area contributed by atoms with Gasteiger partial charge in [0.2, 0.25) is 0 Å². The van der Waals surface area contributed by atoms with Gasteiger partial charge >= 0.3 is 5.97 Å². The number of likely N-dealkylation sites (N-methyl/N-ethyl adjacent to an activating group) is 1. The van der Waals surface area contributed by atoms with Crippen molar-refractivity contribution in [1.29, 1.82) is 0 Å². The Balaban J connectivity index is 2.20. The lowest BCUT2D eigenvalue weighted by Crippen LogP contribution is -2.59. The number of methoxy groups -OCH3 is 2. The maximum Gasteiger partial charge on any atom is 0.311 e. The summed E-state index contributed by atoms with van der Waals surface area (Å²) in [5, 5.41) is 45.6. The Hall–Kier alpha value is -1.30. The van der Waals surface area contributed by atoms with E-state index in [2.05, 4.69) is 0 Å². The van der Waals surface area contributed by atoms with Crippen molar-refractivity contribution in [3.63, 3.8) is 0 Å². The first kappa shape index (κ1) is 45.1. The number of hydrogen-bond donors (Lipinski definition) is 4. The predicted molar refractivity (Wildman–Crippen MR) is 191 cm³/mol. The average molecular weight is 748 g/mol. The fraction of sp³-hybridized carbons (Fsp3) is 0.947. The molecule has 3 fully saturated rings. The van der Waals surface area contributed by atoms with Crippen LogP contribution >= 0.6 is 0 Å². The van der Waals surface area contributed by atoms with Gasteiger partial charge in [-0.15, -0.1) is 0 Å². The number of esters is 1. The summed E-state index contributed by atoms with van der Waals surface area (Å²) < 4.78 is 43.6. The van der Waals surface area contributed by atoms with Gasteiger partial charge in [0, 0.05) is 50.9 Å². The number of aliphatic hydroxyl groups excluding tert-OH is 3. The second kappa shape index (κ2) is 17.7. The Kier molecular flexibility index (Phi) is 15.3. The highest BCUT2D eigenvalue weighted by molar-refractivity contribution is 5.84. The van der Waals surface area contributed by atoms with E-state index in [1.165, 1.54) is 21.1 Å². The number of ketones is 1. The van der Waals surface area contributed by atoms with E-state index < -0.39 is 102 Å². The summed E-state index contributed by atoms with van der Waals surface area (Å²) in [7, 11) is 6.76. The molecule has 0 bridgehead atoms. The first-order chi connectivity index (χ1) is 24.0. The van der Waals surface area contributed by atoms with Crippen LogP contribution in [-0.4, -0.2) is 150 Å². The van der Waals surface area contributed by atoms with Crippen LogP contribution in [0.2, 0.25) is 0 Å². The Morgan fingerprint density at radius 1 is 0.846 bits per heavy atom. The molecule has 3 saturated heterocycles. The quantitative estimate of drug-likeness (QED) is 0.266. The largest absolute Gasteiger partial charge is 0.459 e. The fourth-order valence-electron chi connectivity index (χ4n) is 8.24. The van der Waals surface area contributed by atoms with Crippen LogP contribution in [0.3, 0.4) is 0 Å². The van der Waals surface area contributed by atoms with E-state index in [1.807, 2.05) is 32.8 Å². The van der Waals surface area contributed by atoms with Gasteiger partial charge in [-0.1, -0.05) is 27.7 Å². The van der Waals surface area contributed by atoms with E-state index in [0.717, 1.165) is 0 Å². The van der Waals surface area contributed by atoms with Gasteiger partial charge in [-0.25, -0.2) is 0 Å². The zero-order valence-corrected chi connectivity index (χ0v) is 33.9. The Labute approximate surface area is 310 Å². The van der Waals surface area contributed by atoms with E-state index in [9.17, 15) is 30.0 Å². The molecule has 14 heteroatoms. The fourth-order valence-corrected chi connectivity index (χ4v) is 8.24. The minimum Gasteiger partial charge on any atom is -0.459 e. The maximum absolute atomic E-state index is 14.1. The summed E-state index contributed by atoms with van der Waals surface area (Å²) >= 11 is 0. The van der Waals surface area contributed by atoms with Gasteiger partial charge in [0.1, 0.15) is 29.7 Å². The molecule has 0 spiro atoms. The zero-order valence-electron chi connectivity index (χ0n) is 33.9. The zero-order chi connectivity index (χ0) is 39.7. The van der Waals surface area contributed by atoms with E-state index in [0.29, 0.717) is 6.42 Å². The molecule has 3 aliphatic rings. The van der Waals surface area contributed by atoms with Crippen LogP contribution in [-0.2, 0) is 42.7 Å². The van der Waals surface area contributed by atoms with Gasteiger partial charge < -0.3 is 58.5 Å². The number of Topliss-reactive ketones (excluding diaryl/α,β-unsaturated/α-hetero) is 1. The third-order valence-electron chi connectivity index (χ3n) is 12.6. The molecular weight excluding hydrogens is 678 g/mol. The van der Waals surface area contributed by atoms with Crippen molar-refractivity contribution in [3.05, 3.63) is 0 Å². The molecule has 4 N–H and O–H groups in total. The topological polar surface area (TPSA) is 183 Å². The number of carbonyl (C=O) groups excluding carboxylic acids is 2. The summed E-state index contributed by atoms with van der Waals surface area (Å²) in [5.41, 5.74) is -4.20. The molecule has 0 unspecified atom stereocenters. The van der Waals surface area contributed by atoms with Gasteiger partial charge in [-0.05, 0) is 68.5 Å². The van der Waals surface area contributed by atoms with Crippen molar-refractivity contribution in [3.8, 4) is 0 Å². The summed E-state index contributed by atoms with van der Waals surface area (Å²) in [6, 6.07) is -0.269. The minimum atomic E-state index is -1.98. The monoisotopic (exact) mass is 747 g/mol. The number of carbonyl (C=O) groups is 2. The first-order valence-electron chi connectivity index (χ1n) is 18.9. The number of hydrogen-bond acceptors (Lipinski definition) is 14. The van der Waals surface area contributed by atoms with Crippen LogP contribution in [0.25, 0.3) is 0 Å². The number of cyclic esters (lactones) is 1. The van der Waals surface area contributed by atoms with Crippen LogP contribution < -0.4 is 0 Å². The van der Waals surface area contributed by atoms with E-state index in [4.69, 9.17) is 33.2 Å². The van der Waals surface area contributed by atoms with E-state index >= 15 is 0 Å². The number of ether oxygens (including phenoxy) is 7. The minimum absolute atomic E-state index is 0.0833.